The Morgan fingerprint density at radius 3 is 2.88 bits per heavy atom. The summed E-state index contributed by atoms with van der Waals surface area (Å²) >= 11 is 12.1. The Kier molecular flexibility index (Phi) is 7.31. The van der Waals surface area contributed by atoms with Crippen molar-refractivity contribution in [3.63, 3.8) is 0 Å². The van der Waals surface area contributed by atoms with Crippen molar-refractivity contribution in [3.8, 4) is 11.5 Å². The molecule has 0 spiro atoms. The number of urea groups is 1. The van der Waals surface area contributed by atoms with E-state index in [9.17, 15) is 4.79 Å². The van der Waals surface area contributed by atoms with Gasteiger partial charge in [-0.1, -0.05) is 29.3 Å². The van der Waals surface area contributed by atoms with Crippen LogP contribution < -0.4 is 10.6 Å². The zero-order valence-corrected chi connectivity index (χ0v) is 18.9. The topological polar surface area (TPSA) is 106 Å². The first-order valence-corrected chi connectivity index (χ1v) is 10.9. The third-order valence-electron chi connectivity index (χ3n) is 4.95. The van der Waals surface area contributed by atoms with E-state index in [-0.39, 0.29) is 18.7 Å². The predicted molar refractivity (Wildman–Crippen MR) is 118 cm³/mol. The van der Waals surface area contributed by atoms with Crippen LogP contribution in [0.25, 0.3) is 11.5 Å². The Morgan fingerprint density at radius 1 is 1.22 bits per heavy atom. The van der Waals surface area contributed by atoms with Crippen molar-refractivity contribution in [1.29, 1.82) is 0 Å². The first-order chi connectivity index (χ1) is 15.5. The van der Waals surface area contributed by atoms with Gasteiger partial charge >= 0.3 is 6.03 Å². The number of carbonyl (C=O) groups is 1. The quantitative estimate of drug-likeness (QED) is 0.532. The molecule has 1 atom stereocenters. The van der Waals surface area contributed by atoms with Gasteiger partial charge in [0.25, 0.3) is 5.89 Å². The molecule has 32 heavy (non-hydrogen) atoms. The average molecular weight is 480 g/mol. The highest BCUT2D eigenvalue weighted by Gasteiger charge is 2.21. The largest absolute Gasteiger partial charge is 0.467 e. The van der Waals surface area contributed by atoms with E-state index in [1.54, 1.807) is 19.1 Å². The van der Waals surface area contributed by atoms with Crippen LogP contribution in [0.1, 0.15) is 17.2 Å². The maximum absolute atomic E-state index is 12.2. The molecular weight excluding hydrogens is 457 g/mol. The number of aryl methyl sites for hydroxylation is 1. The number of hydrogen-bond donors (Lipinski definition) is 2. The molecule has 0 aliphatic carbocycles. The number of halogens is 2. The van der Waals surface area contributed by atoms with Crippen molar-refractivity contribution in [2.24, 2.45) is 0 Å². The normalized spacial score (nSPS) is 16.8. The second-order valence-corrected chi connectivity index (χ2v) is 8.28. The molecule has 11 heteroatoms. The molecule has 3 heterocycles. The number of nitrogens with one attached hydrogen (secondary N) is 2. The van der Waals surface area contributed by atoms with E-state index in [2.05, 4.69) is 25.7 Å². The lowest BCUT2D eigenvalue weighted by Gasteiger charge is -2.33. The van der Waals surface area contributed by atoms with Crippen molar-refractivity contribution in [2.45, 2.75) is 26.1 Å². The van der Waals surface area contributed by atoms with Crippen LogP contribution in [0.3, 0.4) is 0 Å². The van der Waals surface area contributed by atoms with Gasteiger partial charge in [0, 0.05) is 33.1 Å². The Morgan fingerprint density at radius 2 is 2.09 bits per heavy atom. The predicted octanol–water partition coefficient (Wildman–Crippen LogP) is 3.65. The maximum atomic E-state index is 12.2. The van der Waals surface area contributed by atoms with E-state index in [0.717, 1.165) is 18.7 Å². The number of nitrogens with zero attached hydrogens (tertiary/aromatic N) is 3. The summed E-state index contributed by atoms with van der Waals surface area (Å²) < 4.78 is 16.6. The minimum Gasteiger partial charge on any atom is -0.467 e. The third-order valence-corrected chi connectivity index (χ3v) is 5.69. The molecule has 1 aliphatic rings. The van der Waals surface area contributed by atoms with Crippen molar-refractivity contribution >= 4 is 29.2 Å². The van der Waals surface area contributed by atoms with E-state index in [1.165, 1.54) is 6.26 Å². The SMILES string of the molecule is Cc1nnc(-c2coc(CNC(=O)NC[C@H]3CN(Cc4ccc(Cl)c(Cl)c4)CCO3)c2)o1. The van der Waals surface area contributed by atoms with Crippen LogP contribution in [-0.2, 0) is 17.8 Å². The molecule has 0 unspecified atom stereocenters. The lowest BCUT2D eigenvalue weighted by molar-refractivity contribution is -0.0287. The molecule has 0 bridgehead atoms. The van der Waals surface area contributed by atoms with Gasteiger partial charge < -0.3 is 24.2 Å². The molecule has 2 aromatic heterocycles. The van der Waals surface area contributed by atoms with E-state index < -0.39 is 0 Å². The number of aromatic nitrogens is 2. The summed E-state index contributed by atoms with van der Waals surface area (Å²) in [6.45, 7) is 5.19. The molecule has 9 nitrogen and oxygen atoms in total. The van der Waals surface area contributed by atoms with Crippen molar-refractivity contribution in [1.82, 2.24) is 25.7 Å². The minimum absolute atomic E-state index is 0.103. The summed E-state index contributed by atoms with van der Waals surface area (Å²) in [6, 6.07) is 7.08. The van der Waals surface area contributed by atoms with Gasteiger partial charge in [0.1, 0.15) is 12.0 Å². The maximum Gasteiger partial charge on any atom is 0.315 e. The Bertz CT molecular complexity index is 1070. The van der Waals surface area contributed by atoms with Crippen LogP contribution in [0.5, 0.6) is 0 Å². The van der Waals surface area contributed by atoms with Crippen LogP contribution in [0, 0.1) is 6.92 Å². The molecule has 1 fully saturated rings. The van der Waals surface area contributed by atoms with Gasteiger partial charge in [-0.3, -0.25) is 4.90 Å². The van der Waals surface area contributed by atoms with Crippen molar-refractivity contribution in [3.05, 3.63) is 57.8 Å². The molecule has 0 radical (unpaired) electrons. The molecule has 3 aromatic rings. The average Bonchev–Trinajstić information content (AvgIpc) is 3.42. The molecular formula is C21H23Cl2N5O4. The first kappa shape index (κ1) is 22.6. The Balaban J connectivity index is 1.20. The van der Waals surface area contributed by atoms with Crippen LogP contribution in [0.15, 0.2) is 39.4 Å². The molecule has 1 aliphatic heterocycles. The number of furan rings is 1. The van der Waals surface area contributed by atoms with Gasteiger partial charge in [-0.15, -0.1) is 10.2 Å². The molecule has 1 saturated heterocycles. The van der Waals surface area contributed by atoms with Gasteiger partial charge in [-0.2, -0.15) is 0 Å². The van der Waals surface area contributed by atoms with Crippen LogP contribution in [-0.4, -0.2) is 53.5 Å². The van der Waals surface area contributed by atoms with Crippen molar-refractivity contribution < 1.29 is 18.4 Å². The number of rotatable bonds is 7. The van der Waals surface area contributed by atoms with Crippen LogP contribution >= 0.6 is 23.2 Å². The summed E-state index contributed by atoms with van der Waals surface area (Å²) in [7, 11) is 0. The van der Waals surface area contributed by atoms with Gasteiger partial charge in [0.2, 0.25) is 5.89 Å². The van der Waals surface area contributed by atoms with E-state index in [4.69, 9.17) is 36.8 Å². The smallest absolute Gasteiger partial charge is 0.315 e. The number of amides is 2. The first-order valence-electron chi connectivity index (χ1n) is 10.1. The molecule has 170 valence electrons. The number of hydrogen-bond acceptors (Lipinski definition) is 7. The molecule has 2 amide bonds. The van der Waals surface area contributed by atoms with Gasteiger partial charge in [-0.05, 0) is 23.8 Å². The second-order valence-electron chi connectivity index (χ2n) is 7.47. The summed E-state index contributed by atoms with van der Waals surface area (Å²) in [4.78, 5) is 14.4. The molecule has 1 aromatic carbocycles. The summed E-state index contributed by atoms with van der Waals surface area (Å²) in [5.74, 6) is 1.43. The zero-order valence-electron chi connectivity index (χ0n) is 17.4. The summed E-state index contributed by atoms with van der Waals surface area (Å²) in [5.41, 5.74) is 1.75. The highest BCUT2D eigenvalue weighted by molar-refractivity contribution is 6.42. The molecule has 2 N–H and O–H groups in total. The lowest BCUT2D eigenvalue weighted by Crippen LogP contribution is -2.48. The fourth-order valence-corrected chi connectivity index (χ4v) is 3.70. The van der Waals surface area contributed by atoms with Gasteiger partial charge in [0.15, 0.2) is 0 Å². The minimum atomic E-state index is -0.304. The zero-order chi connectivity index (χ0) is 22.5. The van der Waals surface area contributed by atoms with E-state index in [0.29, 0.717) is 52.8 Å². The van der Waals surface area contributed by atoms with Gasteiger partial charge in [-0.25, -0.2) is 4.79 Å². The molecule has 4 rings (SSSR count). The lowest BCUT2D eigenvalue weighted by atomic mass is 10.2. The van der Waals surface area contributed by atoms with Crippen LogP contribution in [0.4, 0.5) is 4.79 Å². The van der Waals surface area contributed by atoms with Crippen molar-refractivity contribution in [2.75, 3.05) is 26.2 Å². The van der Waals surface area contributed by atoms with E-state index in [1.807, 2.05) is 12.1 Å². The van der Waals surface area contributed by atoms with Crippen LogP contribution in [0.2, 0.25) is 10.0 Å². The number of carbonyl (C=O) groups excluding carboxylic acids is 1. The number of ether oxygens (including phenoxy) is 1. The number of morpholine rings is 1. The standard InChI is InChI=1S/C21H23Cl2N5O4/c1-13-26-27-20(32-13)15-7-16(31-12-15)8-24-21(29)25-9-17-11-28(4-5-30-17)10-14-2-3-18(22)19(23)6-14/h2-3,6-7,12,17H,4-5,8-11H2,1H3,(H2,24,25,29)/t17-/m0/s1. The monoisotopic (exact) mass is 479 g/mol. The summed E-state index contributed by atoms with van der Waals surface area (Å²) in [5, 5.41) is 14.4. The van der Waals surface area contributed by atoms with Gasteiger partial charge in [0.05, 0.1) is 34.9 Å². The Labute approximate surface area is 195 Å². The fraction of sp³-hybridized carbons (Fsp3) is 0.381. The Hall–Kier alpha value is -2.59. The van der Waals surface area contributed by atoms with E-state index >= 15 is 0 Å². The fourth-order valence-electron chi connectivity index (χ4n) is 3.38. The molecule has 0 saturated carbocycles. The highest BCUT2D eigenvalue weighted by atomic mass is 35.5. The third kappa shape index (κ3) is 6.01. The summed E-state index contributed by atoms with van der Waals surface area (Å²) in [6.07, 6.45) is 1.41. The second kappa shape index (κ2) is 10.4. The highest BCUT2D eigenvalue weighted by Crippen LogP contribution is 2.24. The number of benzene rings is 1.